The fraction of sp³-hybridized carbons (Fsp3) is 0.371. The van der Waals surface area contributed by atoms with Gasteiger partial charge in [-0.1, -0.05) is 259 Å². The first-order chi connectivity index (χ1) is 54.6. The van der Waals surface area contributed by atoms with Crippen molar-refractivity contribution >= 4 is 156 Å². The molecule has 5 aliphatic rings. The molecule has 13 rings (SSSR count). The van der Waals surface area contributed by atoms with E-state index in [4.69, 9.17) is 140 Å². The van der Waals surface area contributed by atoms with Crippen molar-refractivity contribution in [2.45, 2.75) is 127 Å². The number of hydrogen-bond acceptors (Lipinski definition) is 13. The maximum absolute atomic E-state index is 12.4. The van der Waals surface area contributed by atoms with Gasteiger partial charge < -0.3 is 43.4 Å². The number of benzene rings is 8. The first-order valence-corrected chi connectivity index (χ1v) is 42.1. The van der Waals surface area contributed by atoms with Crippen LogP contribution in [0.5, 0.6) is 0 Å². The monoisotopic (exact) mass is 1830 g/mol. The van der Waals surface area contributed by atoms with Crippen molar-refractivity contribution in [1.82, 2.24) is 24.5 Å². The van der Waals surface area contributed by atoms with Crippen LogP contribution in [0.2, 0.25) is 50.2 Å². The van der Waals surface area contributed by atoms with Crippen molar-refractivity contribution in [3.05, 3.63) is 301 Å². The number of likely N-dealkylation sites (tertiary alicyclic amines) is 5. The van der Waals surface area contributed by atoms with Gasteiger partial charge in [0.2, 0.25) is 0 Å². The molecule has 0 radical (unpaired) electrons. The summed E-state index contributed by atoms with van der Waals surface area (Å²) in [6.07, 6.45) is 6.97. The number of halogens is 11. The first-order valence-electron chi connectivity index (χ1n) is 37.6. The molecule has 616 valence electrons. The van der Waals surface area contributed by atoms with E-state index in [0.717, 1.165) is 85.4 Å². The third kappa shape index (κ3) is 29.0. The normalized spacial score (nSPS) is 20.1. The number of rotatable bonds is 19. The van der Waals surface area contributed by atoms with Gasteiger partial charge >= 0.3 is 12.2 Å². The summed E-state index contributed by atoms with van der Waals surface area (Å²) in [5.41, 5.74) is 3.70. The molecule has 5 fully saturated rings. The number of aliphatic hydroxyl groups is 1. The van der Waals surface area contributed by atoms with Crippen molar-refractivity contribution in [3.63, 3.8) is 0 Å². The molecule has 4 unspecified atom stereocenters. The zero-order valence-electron chi connectivity index (χ0n) is 65.3. The highest BCUT2D eigenvalue weighted by atomic mass is 79.9. The number of carbonyl (C=O) groups is 4. The van der Waals surface area contributed by atoms with E-state index in [1.54, 1.807) is 76.5 Å². The lowest BCUT2D eigenvalue weighted by atomic mass is 9.92. The Morgan fingerprint density at radius 3 is 1.12 bits per heavy atom. The molecular weight excluding hydrogens is 1730 g/mol. The highest BCUT2D eigenvalue weighted by Crippen LogP contribution is 2.43. The molecule has 0 saturated carbocycles. The van der Waals surface area contributed by atoms with Gasteiger partial charge in [0.15, 0.2) is 0 Å². The Kier molecular flexibility index (Phi) is 36.6. The highest BCUT2D eigenvalue weighted by Gasteiger charge is 2.46. The summed E-state index contributed by atoms with van der Waals surface area (Å²) < 4.78 is 29.9. The van der Waals surface area contributed by atoms with E-state index in [-0.39, 0.29) is 24.8 Å². The van der Waals surface area contributed by atoms with Gasteiger partial charge in [0.05, 0.1) is 83.1 Å². The van der Waals surface area contributed by atoms with E-state index in [1.165, 1.54) is 16.7 Å². The number of nitrogens with zero attached hydrogens (tertiary/aromatic N) is 5. The third-order valence-electron chi connectivity index (χ3n) is 19.3. The molecule has 5 heterocycles. The lowest BCUT2D eigenvalue weighted by molar-refractivity contribution is -0.119. The number of hydrogen-bond donors (Lipinski definition) is 1. The standard InChI is InChI=1S/C20H21Cl2NO.C18H23Cl2NO3.C17H21Cl2NO4.C17H17Cl2NO.C11H13NO.C6H3BrCl2/c1-2-12-24-20(17-8-9-18(21)19(22)13-17)10-11-23(15-20)14-16-6-4-3-5-7-16;1-5-10-23-18(13-6-7-14(19)15(20)11-13)8-9-21(12-18)16(22)24-17(2,3)4;1-16(2,3)24-15(22)20-7-6-17(11-20,23-9-8-21)12-4-5-13(18)14(19)10-12;18-15-7-6-14(10-16(15)19)17(21)8-9-20(12-17)11-13-4-2-1-3-5-13;13-11-6-7-12(9-11)8-10-4-2-1-3-5-10;7-4-1-2-5(8)6(9)3-4/h2-9,13H,1,10-12,14-15H2;5-7,11H,1,8-10,12H2,2-4H3;4-5,8,10H,6-7,9,11H2,1-3H3;1-7,10,21H,8-9,11-12H2;1-5H,6-9H2;1-3H. The van der Waals surface area contributed by atoms with Gasteiger partial charge in [0, 0.05) is 89.2 Å². The van der Waals surface area contributed by atoms with E-state index < -0.39 is 34.1 Å². The van der Waals surface area contributed by atoms with E-state index in [2.05, 4.69) is 92.3 Å². The molecule has 0 aliphatic carbocycles. The van der Waals surface area contributed by atoms with Crippen molar-refractivity contribution in [2.75, 3.05) is 85.3 Å². The Morgan fingerprint density at radius 2 is 0.765 bits per heavy atom. The summed E-state index contributed by atoms with van der Waals surface area (Å²) in [6.45, 7) is 28.5. The Hall–Kier alpha value is -5.78. The van der Waals surface area contributed by atoms with E-state index >= 15 is 0 Å². The van der Waals surface area contributed by atoms with Crippen LogP contribution in [0, 0.1) is 0 Å². The van der Waals surface area contributed by atoms with Crippen LogP contribution < -0.4 is 0 Å². The molecular formula is C89H98BrCl10N5O10. The summed E-state index contributed by atoms with van der Waals surface area (Å²) in [5, 5.41) is 16.0. The van der Waals surface area contributed by atoms with Crippen LogP contribution in [-0.2, 0) is 75.3 Å². The molecule has 4 atom stereocenters. The molecule has 0 spiro atoms. The smallest absolute Gasteiger partial charge is 0.410 e. The van der Waals surface area contributed by atoms with Gasteiger partial charge in [0.25, 0.3) is 0 Å². The summed E-state index contributed by atoms with van der Waals surface area (Å²) in [5.74, 6) is 0.371. The molecule has 1 N–H and O–H groups in total. The second-order valence-electron chi connectivity index (χ2n) is 30.4. The number of ether oxygens (including phenoxy) is 5. The zero-order valence-corrected chi connectivity index (χ0v) is 74.5. The number of β-amino-alcohol motifs (C(OH)–C–C–N with tert-alkyl or cyclic N) is 1. The molecule has 5 saturated heterocycles. The lowest BCUT2D eigenvalue weighted by Crippen LogP contribution is -2.39. The summed E-state index contributed by atoms with van der Waals surface area (Å²) in [7, 11) is 0. The number of carbonyl (C=O) groups excluding carboxylic acids is 4. The second-order valence-corrected chi connectivity index (χ2v) is 35.4. The molecule has 2 amide bonds. The van der Waals surface area contributed by atoms with E-state index in [9.17, 15) is 24.3 Å². The van der Waals surface area contributed by atoms with Crippen molar-refractivity contribution in [3.8, 4) is 0 Å². The van der Waals surface area contributed by atoms with Crippen molar-refractivity contribution in [2.24, 2.45) is 0 Å². The highest BCUT2D eigenvalue weighted by molar-refractivity contribution is 9.10. The van der Waals surface area contributed by atoms with Crippen LogP contribution in [-0.4, -0.2) is 150 Å². The minimum Gasteiger partial charge on any atom is -0.444 e. The van der Waals surface area contributed by atoms with Crippen LogP contribution in [0.15, 0.2) is 212 Å². The third-order valence-corrected chi connectivity index (χ3v) is 23.5. The van der Waals surface area contributed by atoms with Crippen LogP contribution in [0.3, 0.4) is 0 Å². The minimum atomic E-state index is -0.844. The number of ketones is 1. The van der Waals surface area contributed by atoms with Crippen molar-refractivity contribution in [1.29, 1.82) is 0 Å². The molecule has 26 heteroatoms. The predicted molar refractivity (Wildman–Crippen MR) is 472 cm³/mol. The minimum absolute atomic E-state index is 0.0671. The van der Waals surface area contributed by atoms with Crippen LogP contribution in [0.4, 0.5) is 9.59 Å². The fourth-order valence-electron chi connectivity index (χ4n) is 13.6. The summed E-state index contributed by atoms with van der Waals surface area (Å²) in [4.78, 5) is 56.6. The fourth-order valence-corrected chi connectivity index (χ4v) is 15.6. The van der Waals surface area contributed by atoms with E-state index in [0.29, 0.717) is 127 Å². The maximum Gasteiger partial charge on any atom is 0.410 e. The number of aldehydes is 1. The molecule has 15 nitrogen and oxygen atoms in total. The Bertz CT molecular complexity index is 4440. The topological polar surface area (TPSA) is 151 Å². The van der Waals surface area contributed by atoms with Crippen molar-refractivity contribution < 1.29 is 48.0 Å². The SMILES string of the molecule is C=CCOC1(c2ccc(Cl)c(Cl)c2)CCN(C(=O)OC(C)(C)C)C1.C=CCOC1(c2ccc(Cl)c(Cl)c2)CCN(Cc2ccccc2)C1.CC(C)(C)OC(=O)N1CCC(OCC=O)(c2ccc(Cl)c(Cl)c2)C1.Clc1ccc(Br)cc1Cl.O=C1CCN(Cc2ccccc2)C1.OC1(c2ccc(Cl)c(Cl)c2)CCN(Cc2ccccc2)C1. The average molecular weight is 1830 g/mol. The van der Waals surface area contributed by atoms with Gasteiger partial charge in [-0.05, 0) is 160 Å². The largest absolute Gasteiger partial charge is 0.444 e. The first kappa shape index (κ1) is 94.7. The Morgan fingerprint density at radius 1 is 0.426 bits per heavy atom. The summed E-state index contributed by atoms with van der Waals surface area (Å²) in [6, 6.07) is 58.2. The van der Waals surface area contributed by atoms with Crippen LogP contribution in [0.1, 0.15) is 113 Å². The number of amides is 2. The zero-order chi connectivity index (χ0) is 83.7. The lowest BCUT2D eigenvalue weighted by Gasteiger charge is -2.31. The average Bonchev–Trinajstić information content (AvgIpc) is 1.67. The summed E-state index contributed by atoms with van der Waals surface area (Å²) >= 11 is 63.1. The molecule has 5 aliphatic heterocycles. The van der Waals surface area contributed by atoms with Gasteiger partial charge in [0.1, 0.15) is 52.3 Å². The molecule has 0 bridgehead atoms. The number of Topliss-reactive ketones (excluding diaryl/α,β-unsaturated/α-hetero) is 1. The van der Waals surface area contributed by atoms with Crippen LogP contribution in [0.25, 0.3) is 0 Å². The molecule has 115 heavy (non-hydrogen) atoms. The van der Waals surface area contributed by atoms with Gasteiger partial charge in [-0.25, -0.2) is 9.59 Å². The predicted octanol–water partition coefficient (Wildman–Crippen LogP) is 23.7. The Labute approximate surface area is 735 Å². The maximum atomic E-state index is 12.4. The Balaban J connectivity index is 0.000000176. The van der Waals surface area contributed by atoms with Crippen LogP contribution >= 0.6 is 132 Å². The molecule has 8 aromatic carbocycles. The second kappa shape index (κ2) is 44.5. The van der Waals surface area contributed by atoms with Gasteiger partial charge in [-0.3, -0.25) is 19.5 Å². The quantitative estimate of drug-likeness (QED) is 0.0465. The molecule has 8 aromatic rings. The van der Waals surface area contributed by atoms with E-state index in [1.807, 2.05) is 120 Å². The van der Waals surface area contributed by atoms with Gasteiger partial charge in [-0.15, -0.1) is 13.2 Å². The van der Waals surface area contributed by atoms with Gasteiger partial charge in [-0.2, -0.15) is 0 Å². The molecule has 0 aromatic heterocycles.